The van der Waals surface area contributed by atoms with Crippen molar-refractivity contribution in [2.24, 2.45) is 0 Å². The van der Waals surface area contributed by atoms with Gasteiger partial charge in [0, 0.05) is 5.10 Å². The Balaban J connectivity index is 2.61. The molecular weight excluding hydrogens is 162 g/mol. The molecule has 0 radical (unpaired) electrons. The Morgan fingerprint density at radius 2 is 2.08 bits per heavy atom. The van der Waals surface area contributed by atoms with Crippen LogP contribution in [0.1, 0.15) is 26.3 Å². The lowest BCUT2D eigenvalue weighted by atomic mass is 9.89. The maximum Gasteiger partial charge on any atom is 0.207 e. The van der Waals surface area contributed by atoms with Crippen molar-refractivity contribution in [2.75, 3.05) is 0 Å². The summed E-state index contributed by atoms with van der Waals surface area (Å²) in [7, 11) is 0. The lowest BCUT2D eigenvalue weighted by Gasteiger charge is -2.17. The van der Waals surface area contributed by atoms with Gasteiger partial charge in [-0.25, -0.2) is 0 Å². The van der Waals surface area contributed by atoms with Crippen molar-refractivity contribution in [1.82, 2.24) is 9.73 Å². The Bertz CT molecular complexity index is 423. The van der Waals surface area contributed by atoms with E-state index in [-0.39, 0.29) is 5.41 Å². The van der Waals surface area contributed by atoms with Crippen LogP contribution in [0.3, 0.4) is 0 Å². The molecule has 2 aromatic rings. The topological polar surface area (TPSA) is 21.4 Å². The molecule has 68 valence electrons. The molecule has 2 rings (SSSR count). The zero-order valence-electron chi connectivity index (χ0n) is 8.23. The molecule has 0 aliphatic rings. The van der Waals surface area contributed by atoms with E-state index in [0.717, 1.165) is 0 Å². The van der Waals surface area contributed by atoms with Crippen molar-refractivity contribution in [2.45, 2.75) is 26.2 Å². The fourth-order valence-electron chi connectivity index (χ4n) is 1.28. The van der Waals surface area contributed by atoms with Crippen LogP contribution in [0.15, 0.2) is 30.9 Å². The number of fused-ring (bicyclic) bond motifs is 1. The van der Waals surface area contributed by atoms with E-state index in [1.807, 2.05) is 21.5 Å². The van der Waals surface area contributed by atoms with Crippen molar-refractivity contribution < 1.29 is 4.52 Å². The average molecular weight is 176 g/mol. The predicted octanol–water partition coefficient (Wildman–Crippen LogP) is 1.22. The van der Waals surface area contributed by atoms with Crippen LogP contribution in [0.5, 0.6) is 0 Å². The lowest BCUT2D eigenvalue weighted by Crippen LogP contribution is -2.29. The molecular formula is C10H14N3+. The van der Waals surface area contributed by atoms with E-state index in [1.165, 1.54) is 5.56 Å². The fraction of sp³-hybridized carbons (Fsp3) is 0.400. The van der Waals surface area contributed by atoms with Gasteiger partial charge in [0.25, 0.3) is 0 Å². The summed E-state index contributed by atoms with van der Waals surface area (Å²) in [5.74, 6) is 0. The Morgan fingerprint density at radius 3 is 2.77 bits per heavy atom. The first-order chi connectivity index (χ1) is 6.07. The van der Waals surface area contributed by atoms with E-state index in [9.17, 15) is 0 Å². The quantitative estimate of drug-likeness (QED) is 0.553. The second-order valence-corrected chi connectivity index (χ2v) is 4.26. The molecule has 13 heavy (non-hydrogen) atoms. The van der Waals surface area contributed by atoms with Gasteiger partial charge in [0.2, 0.25) is 6.20 Å². The first kappa shape index (κ1) is 8.23. The number of hydrogen-bond acceptors (Lipinski definition) is 1. The third-order valence-electron chi connectivity index (χ3n) is 2.17. The van der Waals surface area contributed by atoms with Crippen LogP contribution >= 0.6 is 0 Å². The minimum atomic E-state index is 0.181. The molecule has 0 saturated carbocycles. The summed E-state index contributed by atoms with van der Waals surface area (Å²) in [5.41, 5.74) is 1.47. The maximum atomic E-state index is 4.17. The maximum absolute atomic E-state index is 4.17. The summed E-state index contributed by atoms with van der Waals surface area (Å²) in [6.45, 7) is 6.59. The molecule has 3 heteroatoms. The van der Waals surface area contributed by atoms with E-state index in [4.69, 9.17) is 0 Å². The van der Waals surface area contributed by atoms with Crippen molar-refractivity contribution in [1.29, 1.82) is 0 Å². The van der Waals surface area contributed by atoms with Gasteiger partial charge in [-0.1, -0.05) is 20.8 Å². The fourth-order valence-corrected chi connectivity index (χ4v) is 1.28. The molecule has 3 nitrogen and oxygen atoms in total. The normalized spacial score (nSPS) is 12.2. The summed E-state index contributed by atoms with van der Waals surface area (Å²) in [4.78, 5) is 0. The zero-order chi connectivity index (χ0) is 9.47. The highest BCUT2D eigenvalue weighted by molar-refractivity contribution is 5.15. The van der Waals surface area contributed by atoms with Gasteiger partial charge < -0.3 is 0 Å². The highest BCUT2D eigenvalue weighted by Crippen LogP contribution is 2.19. The van der Waals surface area contributed by atoms with Gasteiger partial charge in [-0.3, -0.25) is 0 Å². The van der Waals surface area contributed by atoms with Crippen molar-refractivity contribution in [3.8, 4) is 0 Å². The molecule has 0 aliphatic carbocycles. The molecule has 0 bridgehead atoms. The molecule has 0 fully saturated rings. The molecule has 0 amide bonds. The monoisotopic (exact) mass is 176 g/mol. The molecule has 0 atom stereocenters. The smallest absolute Gasteiger partial charge is 0.129 e. The third kappa shape index (κ3) is 1.41. The first-order valence-electron chi connectivity index (χ1n) is 4.43. The van der Waals surface area contributed by atoms with E-state index in [1.54, 1.807) is 6.20 Å². The second kappa shape index (κ2) is 2.55. The number of hydrogen-bond donors (Lipinski definition) is 0. The van der Waals surface area contributed by atoms with Crippen LogP contribution in [0.4, 0.5) is 0 Å². The Labute approximate surface area is 77.6 Å². The van der Waals surface area contributed by atoms with Crippen molar-refractivity contribution >= 4 is 0 Å². The van der Waals surface area contributed by atoms with Crippen LogP contribution in [0.2, 0.25) is 0 Å². The van der Waals surface area contributed by atoms with E-state index < -0.39 is 0 Å². The van der Waals surface area contributed by atoms with Gasteiger partial charge in [0.15, 0.2) is 6.20 Å². The summed E-state index contributed by atoms with van der Waals surface area (Å²) in [6, 6.07) is 2.13. The van der Waals surface area contributed by atoms with Crippen molar-refractivity contribution in [3.63, 3.8) is 0 Å². The van der Waals surface area contributed by atoms with Crippen LogP contribution < -0.4 is 4.52 Å². The van der Waals surface area contributed by atoms with Gasteiger partial charge in [-0.2, -0.15) is 0 Å². The van der Waals surface area contributed by atoms with Crippen LogP contribution in [0.25, 0.3) is 0 Å². The average Bonchev–Trinajstić information content (AvgIpc) is 2.47. The largest absolute Gasteiger partial charge is 0.207 e. The van der Waals surface area contributed by atoms with Crippen LogP contribution in [-0.4, -0.2) is 9.73 Å². The minimum absolute atomic E-state index is 0.181. The Morgan fingerprint density at radius 1 is 1.31 bits per heavy atom. The van der Waals surface area contributed by atoms with Crippen LogP contribution in [0, 0.1) is 0 Å². The summed E-state index contributed by atoms with van der Waals surface area (Å²) in [5, 5.41) is 4.17. The van der Waals surface area contributed by atoms with E-state index in [0.29, 0.717) is 0 Å². The SMILES string of the molecule is CC(C)(C)c1cc[n+]2ccnn2c1. The standard InChI is InChI=1S/C10H14N3/c1-10(2,3)9-4-6-12-7-5-11-13(12)8-9/h4-8H,1-3H3/q+1. The Kier molecular flexibility index (Phi) is 1.62. The molecule has 2 heterocycles. The van der Waals surface area contributed by atoms with Gasteiger partial charge in [0.05, 0.1) is 6.20 Å². The van der Waals surface area contributed by atoms with E-state index >= 15 is 0 Å². The number of nitrogens with zero attached hydrogens (tertiary/aromatic N) is 3. The molecule has 0 saturated heterocycles. The van der Waals surface area contributed by atoms with Gasteiger partial charge in [-0.05, 0) is 21.7 Å². The van der Waals surface area contributed by atoms with Gasteiger partial charge in [-0.15, -0.1) is 4.52 Å². The number of aromatic nitrogens is 3. The molecule has 0 spiro atoms. The van der Waals surface area contributed by atoms with Crippen molar-refractivity contribution in [3.05, 3.63) is 36.4 Å². The summed E-state index contributed by atoms with van der Waals surface area (Å²) in [6.07, 6.45) is 7.78. The summed E-state index contributed by atoms with van der Waals surface area (Å²) < 4.78 is 3.77. The molecule has 0 unspecified atom stereocenters. The summed E-state index contributed by atoms with van der Waals surface area (Å²) >= 11 is 0. The number of rotatable bonds is 0. The highest BCUT2D eigenvalue weighted by Gasteiger charge is 2.15. The predicted molar refractivity (Wildman–Crippen MR) is 49.5 cm³/mol. The van der Waals surface area contributed by atoms with Gasteiger partial charge in [0.1, 0.15) is 6.20 Å². The third-order valence-corrected chi connectivity index (χ3v) is 2.17. The van der Waals surface area contributed by atoms with Crippen LogP contribution in [-0.2, 0) is 5.41 Å². The minimum Gasteiger partial charge on any atom is -0.129 e. The second-order valence-electron chi connectivity index (χ2n) is 4.26. The highest BCUT2D eigenvalue weighted by atomic mass is 15.5. The Hall–Kier alpha value is -1.38. The molecule has 0 N–H and O–H groups in total. The van der Waals surface area contributed by atoms with Gasteiger partial charge >= 0.3 is 0 Å². The molecule has 2 aromatic heterocycles. The molecule has 0 aliphatic heterocycles. The lowest BCUT2D eigenvalue weighted by molar-refractivity contribution is -0.623. The van der Waals surface area contributed by atoms with E-state index in [2.05, 4.69) is 38.1 Å². The zero-order valence-corrected chi connectivity index (χ0v) is 8.23. The molecule has 0 aromatic carbocycles. The first-order valence-corrected chi connectivity index (χ1v) is 4.43.